The fraction of sp³-hybridized carbons (Fsp3) is 0.0370. The standard InChI is InChI=1S/C54H36N2S/c1-54(40-19-9-4-10-20-40)45-24-13-22-41(36-15-5-2-6-16-36)51(45)42-32-31-39(33-46(42)54)35-27-29-37(30-28-35)47-34-48(56-53(55-47)38-17-7-3-8-18-38)43-23-14-26-50-52(43)44-21-11-12-25-49(44)57-50/h2-34H,1H3. The molecule has 268 valence electrons. The lowest BCUT2D eigenvalue weighted by molar-refractivity contribution is 0.714. The van der Waals surface area contributed by atoms with E-state index in [0.29, 0.717) is 0 Å². The van der Waals surface area contributed by atoms with Gasteiger partial charge < -0.3 is 0 Å². The molecule has 2 heterocycles. The second-order valence-electron chi connectivity index (χ2n) is 15.0. The summed E-state index contributed by atoms with van der Waals surface area (Å²) in [7, 11) is 0. The Labute approximate surface area is 336 Å². The lowest BCUT2D eigenvalue weighted by atomic mass is 9.73. The van der Waals surface area contributed by atoms with Gasteiger partial charge in [-0.2, -0.15) is 0 Å². The molecule has 0 spiro atoms. The maximum atomic E-state index is 5.21. The Balaban J connectivity index is 1.03. The zero-order chi connectivity index (χ0) is 37.9. The third kappa shape index (κ3) is 5.46. The highest BCUT2D eigenvalue weighted by Crippen LogP contribution is 2.56. The van der Waals surface area contributed by atoms with Crippen LogP contribution < -0.4 is 0 Å². The molecule has 0 saturated heterocycles. The van der Waals surface area contributed by atoms with Crippen molar-refractivity contribution >= 4 is 31.5 Å². The van der Waals surface area contributed by atoms with Crippen LogP contribution in [0.15, 0.2) is 200 Å². The van der Waals surface area contributed by atoms with Crippen LogP contribution in [-0.4, -0.2) is 9.97 Å². The third-order valence-electron chi connectivity index (χ3n) is 11.8. The van der Waals surface area contributed by atoms with Gasteiger partial charge in [-0.15, -0.1) is 11.3 Å². The maximum absolute atomic E-state index is 5.21. The van der Waals surface area contributed by atoms with Crippen molar-refractivity contribution in [3.63, 3.8) is 0 Å². The third-order valence-corrected chi connectivity index (χ3v) is 13.0. The molecule has 11 rings (SSSR count). The summed E-state index contributed by atoms with van der Waals surface area (Å²) in [6.07, 6.45) is 0. The first-order valence-electron chi connectivity index (χ1n) is 19.5. The minimum absolute atomic E-state index is 0.311. The van der Waals surface area contributed by atoms with Crippen LogP contribution in [0.3, 0.4) is 0 Å². The normalized spacial score (nSPS) is 14.5. The Morgan fingerprint density at radius 1 is 0.404 bits per heavy atom. The first-order chi connectivity index (χ1) is 28.1. The molecular weight excluding hydrogens is 709 g/mol. The van der Waals surface area contributed by atoms with Gasteiger partial charge in [-0.25, -0.2) is 9.97 Å². The van der Waals surface area contributed by atoms with Gasteiger partial charge in [0.05, 0.1) is 11.4 Å². The van der Waals surface area contributed by atoms with Crippen LogP contribution in [0, 0.1) is 0 Å². The van der Waals surface area contributed by atoms with Crippen molar-refractivity contribution in [3.05, 3.63) is 217 Å². The summed E-state index contributed by atoms with van der Waals surface area (Å²) in [6.45, 7) is 2.39. The van der Waals surface area contributed by atoms with Gasteiger partial charge in [0.25, 0.3) is 0 Å². The average Bonchev–Trinajstić information content (AvgIpc) is 3.80. The summed E-state index contributed by atoms with van der Waals surface area (Å²) in [5.74, 6) is 0.719. The first kappa shape index (κ1) is 33.4. The van der Waals surface area contributed by atoms with Crippen molar-refractivity contribution < 1.29 is 0 Å². The fourth-order valence-electron chi connectivity index (χ4n) is 8.97. The van der Waals surface area contributed by atoms with Gasteiger partial charge in [0.2, 0.25) is 0 Å². The number of thiophene rings is 1. The quantitative estimate of drug-likeness (QED) is 0.169. The largest absolute Gasteiger partial charge is 0.228 e. The Morgan fingerprint density at radius 2 is 1.02 bits per heavy atom. The van der Waals surface area contributed by atoms with Crippen LogP contribution in [0.4, 0.5) is 0 Å². The molecule has 1 unspecified atom stereocenters. The molecule has 1 aliphatic carbocycles. The molecule has 0 bridgehead atoms. The molecule has 0 radical (unpaired) electrons. The van der Waals surface area contributed by atoms with Gasteiger partial charge in [0.15, 0.2) is 5.82 Å². The Bertz CT molecular complexity index is 3110. The Kier molecular flexibility index (Phi) is 7.84. The first-order valence-corrected chi connectivity index (χ1v) is 20.3. The van der Waals surface area contributed by atoms with Crippen LogP contribution in [0.5, 0.6) is 0 Å². The highest BCUT2D eigenvalue weighted by Gasteiger charge is 2.42. The number of fused-ring (bicyclic) bond motifs is 6. The van der Waals surface area contributed by atoms with Crippen molar-refractivity contribution in [2.24, 2.45) is 0 Å². The fourth-order valence-corrected chi connectivity index (χ4v) is 10.1. The smallest absolute Gasteiger partial charge is 0.160 e. The summed E-state index contributed by atoms with van der Waals surface area (Å²) in [4.78, 5) is 10.4. The molecule has 0 saturated carbocycles. The molecule has 0 aliphatic heterocycles. The number of benzene rings is 8. The van der Waals surface area contributed by atoms with E-state index in [-0.39, 0.29) is 5.41 Å². The summed E-state index contributed by atoms with van der Waals surface area (Å²) in [5, 5.41) is 2.50. The topological polar surface area (TPSA) is 25.8 Å². The van der Waals surface area contributed by atoms with Crippen LogP contribution in [0.1, 0.15) is 23.6 Å². The molecule has 0 fully saturated rings. The van der Waals surface area contributed by atoms with Gasteiger partial charge in [-0.05, 0) is 81.3 Å². The lowest BCUT2D eigenvalue weighted by Gasteiger charge is -2.29. The maximum Gasteiger partial charge on any atom is 0.160 e. The SMILES string of the molecule is CC1(c2ccccc2)c2cc(-c3ccc(-c4cc(-c5cccc6sc7ccccc7c56)nc(-c5ccccc5)n4)cc3)ccc2-c2c(-c3ccccc3)cccc21. The second-order valence-corrected chi connectivity index (χ2v) is 16.1. The van der Waals surface area contributed by atoms with Crippen molar-refractivity contribution in [1.29, 1.82) is 0 Å². The molecule has 2 aromatic heterocycles. The zero-order valence-electron chi connectivity index (χ0n) is 31.4. The van der Waals surface area contributed by atoms with E-state index in [1.54, 1.807) is 0 Å². The van der Waals surface area contributed by atoms with Gasteiger partial charge >= 0.3 is 0 Å². The molecule has 8 aromatic carbocycles. The van der Waals surface area contributed by atoms with E-state index in [2.05, 4.69) is 189 Å². The molecule has 0 N–H and O–H groups in total. The van der Waals surface area contributed by atoms with Gasteiger partial charge in [-0.1, -0.05) is 176 Å². The van der Waals surface area contributed by atoms with Crippen LogP contribution in [0.2, 0.25) is 0 Å². The van der Waals surface area contributed by atoms with E-state index in [9.17, 15) is 0 Å². The number of hydrogen-bond donors (Lipinski definition) is 0. The van der Waals surface area contributed by atoms with Crippen LogP contribution in [-0.2, 0) is 5.41 Å². The lowest BCUT2D eigenvalue weighted by Crippen LogP contribution is -2.22. The summed E-state index contributed by atoms with van der Waals surface area (Å²) in [5.41, 5.74) is 16.1. The van der Waals surface area contributed by atoms with Gasteiger partial charge in [0, 0.05) is 42.3 Å². The molecule has 57 heavy (non-hydrogen) atoms. The van der Waals surface area contributed by atoms with Gasteiger partial charge in [0.1, 0.15) is 0 Å². The molecular formula is C54H36N2S. The molecule has 0 amide bonds. The minimum atomic E-state index is -0.311. The van der Waals surface area contributed by atoms with E-state index < -0.39 is 0 Å². The molecule has 3 heteroatoms. The molecule has 2 nitrogen and oxygen atoms in total. The van der Waals surface area contributed by atoms with Crippen molar-refractivity contribution in [2.45, 2.75) is 12.3 Å². The monoisotopic (exact) mass is 744 g/mol. The number of aromatic nitrogens is 2. The highest BCUT2D eigenvalue weighted by molar-refractivity contribution is 7.25. The Morgan fingerprint density at radius 3 is 1.81 bits per heavy atom. The molecule has 10 aromatic rings. The summed E-state index contributed by atoms with van der Waals surface area (Å²) < 4.78 is 2.54. The van der Waals surface area contributed by atoms with E-state index in [4.69, 9.17) is 9.97 Å². The number of hydrogen-bond acceptors (Lipinski definition) is 3. The van der Waals surface area contributed by atoms with E-state index >= 15 is 0 Å². The number of rotatable bonds is 6. The second kappa shape index (κ2) is 13.4. The van der Waals surface area contributed by atoms with Crippen LogP contribution >= 0.6 is 11.3 Å². The summed E-state index contributed by atoms with van der Waals surface area (Å²) in [6, 6.07) is 72.2. The van der Waals surface area contributed by atoms with Gasteiger partial charge in [-0.3, -0.25) is 0 Å². The van der Waals surface area contributed by atoms with E-state index in [1.165, 1.54) is 70.2 Å². The van der Waals surface area contributed by atoms with Crippen molar-refractivity contribution in [2.75, 3.05) is 0 Å². The van der Waals surface area contributed by atoms with E-state index in [0.717, 1.165) is 33.9 Å². The van der Waals surface area contributed by atoms with Crippen molar-refractivity contribution in [3.8, 4) is 67.3 Å². The van der Waals surface area contributed by atoms with E-state index in [1.807, 2.05) is 29.5 Å². The minimum Gasteiger partial charge on any atom is -0.228 e. The predicted molar refractivity (Wildman–Crippen MR) is 240 cm³/mol. The molecule has 1 aliphatic rings. The Hall–Kier alpha value is -6.94. The van der Waals surface area contributed by atoms with Crippen LogP contribution in [0.25, 0.3) is 87.5 Å². The summed E-state index contributed by atoms with van der Waals surface area (Å²) >= 11 is 1.83. The number of nitrogens with zero attached hydrogens (tertiary/aromatic N) is 2. The van der Waals surface area contributed by atoms with Crippen molar-refractivity contribution in [1.82, 2.24) is 9.97 Å². The average molecular weight is 745 g/mol. The molecule has 1 atom stereocenters. The zero-order valence-corrected chi connectivity index (χ0v) is 32.2. The predicted octanol–water partition coefficient (Wildman–Crippen LogP) is 14.5. The highest BCUT2D eigenvalue weighted by atomic mass is 32.1.